The number of hydrogen-bond donors (Lipinski definition) is 0. The number of rotatable bonds is 1. The molecule has 14 heavy (non-hydrogen) atoms. The summed E-state index contributed by atoms with van der Waals surface area (Å²) in [4.78, 5) is 10.6. The number of carbonyl (C=O) groups excluding carboxylic acids is 1. The Kier molecular flexibility index (Phi) is 3.46. The number of para-hydroxylation sites is 1. The summed E-state index contributed by atoms with van der Waals surface area (Å²) in [6, 6.07) is 7.87. The van der Waals surface area contributed by atoms with Crippen molar-refractivity contribution in [3.8, 4) is 0 Å². The number of fused-ring (bicyclic) bond motifs is 1. The van der Waals surface area contributed by atoms with E-state index in [-0.39, 0.29) is 0 Å². The first-order valence-corrected chi connectivity index (χ1v) is 4.82. The zero-order valence-electron chi connectivity index (χ0n) is 8.82. The molecule has 0 atom stereocenters. The van der Waals surface area contributed by atoms with Gasteiger partial charge in [-0.25, -0.2) is 0 Å². The van der Waals surface area contributed by atoms with Crippen LogP contribution in [0.5, 0.6) is 0 Å². The first-order valence-electron chi connectivity index (χ1n) is 4.82. The average molecular weight is 189 g/mol. The Labute approximate surface area is 84.2 Å². The molecular weight excluding hydrogens is 174 g/mol. The largest absolute Gasteiger partial charge is 0.350 e. The minimum atomic E-state index is 0.758. The van der Waals surface area contributed by atoms with Crippen LogP contribution < -0.4 is 0 Å². The molecule has 1 heterocycles. The van der Waals surface area contributed by atoms with E-state index in [1.807, 2.05) is 55.9 Å². The van der Waals surface area contributed by atoms with E-state index in [4.69, 9.17) is 0 Å². The highest BCUT2D eigenvalue weighted by Crippen LogP contribution is 2.17. The maximum absolute atomic E-state index is 10.6. The number of benzene rings is 1. The van der Waals surface area contributed by atoms with Crippen molar-refractivity contribution >= 4 is 17.2 Å². The molecule has 2 aromatic rings. The molecule has 0 aliphatic carbocycles. The summed E-state index contributed by atoms with van der Waals surface area (Å²) in [6.45, 7) is 4.00. The van der Waals surface area contributed by atoms with Crippen molar-refractivity contribution in [3.05, 3.63) is 36.0 Å². The second kappa shape index (κ2) is 4.61. The number of nitrogens with zero attached hydrogens (tertiary/aromatic N) is 1. The van der Waals surface area contributed by atoms with E-state index in [0.29, 0.717) is 0 Å². The fourth-order valence-corrected chi connectivity index (χ4v) is 1.47. The monoisotopic (exact) mass is 189 g/mol. The zero-order valence-corrected chi connectivity index (χ0v) is 8.82. The topological polar surface area (TPSA) is 22.0 Å². The molecule has 1 aromatic heterocycles. The maximum Gasteiger partial charge on any atom is 0.152 e. The Balaban J connectivity index is 0.000000461. The molecule has 0 radical (unpaired) electrons. The van der Waals surface area contributed by atoms with E-state index in [9.17, 15) is 4.79 Å². The maximum atomic E-state index is 10.6. The molecule has 1 aromatic carbocycles. The first kappa shape index (κ1) is 10.5. The van der Waals surface area contributed by atoms with Crippen molar-refractivity contribution in [1.82, 2.24) is 4.57 Å². The number of carbonyl (C=O) groups is 1. The van der Waals surface area contributed by atoms with Crippen LogP contribution in [0, 0.1) is 0 Å². The first-order chi connectivity index (χ1) is 6.83. The highest BCUT2D eigenvalue weighted by atomic mass is 16.1. The second-order valence-corrected chi connectivity index (χ2v) is 2.83. The Morgan fingerprint density at radius 2 is 1.86 bits per heavy atom. The Hall–Kier alpha value is -1.57. The van der Waals surface area contributed by atoms with Gasteiger partial charge in [0.15, 0.2) is 6.29 Å². The fraction of sp³-hybridized carbons (Fsp3) is 0.250. The lowest BCUT2D eigenvalue weighted by Gasteiger charge is -1.92. The Bertz CT molecular complexity index is 429. The molecular formula is C12H15NO. The van der Waals surface area contributed by atoms with E-state index < -0.39 is 0 Å². The molecule has 2 nitrogen and oxygen atoms in total. The van der Waals surface area contributed by atoms with Gasteiger partial charge in [-0.1, -0.05) is 32.0 Å². The van der Waals surface area contributed by atoms with Gasteiger partial charge < -0.3 is 4.57 Å². The van der Waals surface area contributed by atoms with Crippen LogP contribution in [0.1, 0.15) is 24.2 Å². The van der Waals surface area contributed by atoms with Gasteiger partial charge in [0.25, 0.3) is 0 Å². The number of hydrogen-bond acceptors (Lipinski definition) is 1. The van der Waals surface area contributed by atoms with E-state index in [1.54, 1.807) is 0 Å². The predicted molar refractivity (Wildman–Crippen MR) is 59.7 cm³/mol. The van der Waals surface area contributed by atoms with Gasteiger partial charge in [-0.15, -0.1) is 0 Å². The SMILES string of the molecule is CC.Cn1cc(C=O)c2ccccc21. The summed E-state index contributed by atoms with van der Waals surface area (Å²) in [7, 11) is 1.94. The molecule has 0 spiro atoms. The minimum absolute atomic E-state index is 0.758. The van der Waals surface area contributed by atoms with Gasteiger partial charge in [0, 0.05) is 29.7 Å². The molecule has 0 amide bonds. The molecule has 0 aliphatic heterocycles. The number of aryl methyl sites for hydroxylation is 1. The van der Waals surface area contributed by atoms with Gasteiger partial charge in [-0.2, -0.15) is 0 Å². The van der Waals surface area contributed by atoms with Crippen LogP contribution in [0.3, 0.4) is 0 Å². The highest BCUT2D eigenvalue weighted by Gasteiger charge is 2.02. The zero-order chi connectivity index (χ0) is 10.6. The lowest BCUT2D eigenvalue weighted by atomic mass is 10.2. The fourth-order valence-electron chi connectivity index (χ4n) is 1.47. The summed E-state index contributed by atoms with van der Waals surface area (Å²) in [5.74, 6) is 0. The standard InChI is InChI=1S/C10H9NO.C2H6/c1-11-6-8(7-12)9-4-2-3-5-10(9)11;1-2/h2-7H,1H3;1-2H3. The third-order valence-corrected chi connectivity index (χ3v) is 2.05. The van der Waals surface area contributed by atoms with Gasteiger partial charge in [0.2, 0.25) is 0 Å². The summed E-state index contributed by atoms with van der Waals surface area (Å²) in [5.41, 5.74) is 1.85. The summed E-state index contributed by atoms with van der Waals surface area (Å²) >= 11 is 0. The third kappa shape index (κ3) is 1.69. The van der Waals surface area contributed by atoms with Crippen molar-refractivity contribution in [1.29, 1.82) is 0 Å². The molecule has 0 saturated carbocycles. The second-order valence-electron chi connectivity index (χ2n) is 2.83. The average Bonchev–Trinajstić information content (AvgIpc) is 2.59. The summed E-state index contributed by atoms with van der Waals surface area (Å²) in [6.07, 6.45) is 2.74. The van der Waals surface area contributed by atoms with Gasteiger partial charge in [0.1, 0.15) is 0 Å². The van der Waals surface area contributed by atoms with Crippen LogP contribution in [0.25, 0.3) is 10.9 Å². The Morgan fingerprint density at radius 3 is 2.50 bits per heavy atom. The third-order valence-electron chi connectivity index (χ3n) is 2.05. The summed E-state index contributed by atoms with van der Waals surface area (Å²) in [5, 5.41) is 1.02. The van der Waals surface area contributed by atoms with Crippen LogP contribution in [0.2, 0.25) is 0 Å². The van der Waals surface area contributed by atoms with Gasteiger partial charge >= 0.3 is 0 Å². The highest BCUT2D eigenvalue weighted by molar-refractivity contribution is 5.97. The van der Waals surface area contributed by atoms with Crippen LogP contribution in [-0.2, 0) is 7.05 Å². The van der Waals surface area contributed by atoms with Crippen LogP contribution in [0.4, 0.5) is 0 Å². The van der Waals surface area contributed by atoms with Crippen molar-refractivity contribution in [2.75, 3.05) is 0 Å². The predicted octanol–water partition coefficient (Wildman–Crippen LogP) is 3.02. The van der Waals surface area contributed by atoms with Gasteiger partial charge in [0.05, 0.1) is 0 Å². The molecule has 74 valence electrons. The van der Waals surface area contributed by atoms with Crippen molar-refractivity contribution in [2.45, 2.75) is 13.8 Å². The minimum Gasteiger partial charge on any atom is -0.350 e. The normalized spacial score (nSPS) is 9.36. The molecule has 0 N–H and O–H groups in total. The molecule has 0 unspecified atom stereocenters. The smallest absolute Gasteiger partial charge is 0.152 e. The van der Waals surface area contributed by atoms with Crippen molar-refractivity contribution in [3.63, 3.8) is 0 Å². The van der Waals surface area contributed by atoms with E-state index in [0.717, 1.165) is 22.8 Å². The summed E-state index contributed by atoms with van der Waals surface area (Å²) < 4.78 is 1.96. The lowest BCUT2D eigenvalue weighted by Crippen LogP contribution is -1.81. The number of aldehydes is 1. The van der Waals surface area contributed by atoms with E-state index in [2.05, 4.69) is 0 Å². The number of aromatic nitrogens is 1. The quantitative estimate of drug-likeness (QED) is 0.632. The van der Waals surface area contributed by atoms with Crippen molar-refractivity contribution in [2.24, 2.45) is 7.05 Å². The van der Waals surface area contributed by atoms with Gasteiger partial charge in [-0.05, 0) is 6.07 Å². The molecule has 2 heteroatoms. The molecule has 2 rings (SSSR count). The molecule has 0 aliphatic rings. The van der Waals surface area contributed by atoms with E-state index in [1.165, 1.54) is 0 Å². The molecule has 0 saturated heterocycles. The van der Waals surface area contributed by atoms with Crippen molar-refractivity contribution < 1.29 is 4.79 Å². The molecule has 0 bridgehead atoms. The van der Waals surface area contributed by atoms with Gasteiger partial charge in [-0.3, -0.25) is 4.79 Å². The van der Waals surface area contributed by atoms with Crippen LogP contribution >= 0.6 is 0 Å². The van der Waals surface area contributed by atoms with E-state index >= 15 is 0 Å². The van der Waals surface area contributed by atoms with Crippen LogP contribution in [-0.4, -0.2) is 10.9 Å². The van der Waals surface area contributed by atoms with Crippen LogP contribution in [0.15, 0.2) is 30.5 Å². The Morgan fingerprint density at radius 1 is 1.21 bits per heavy atom. The molecule has 0 fully saturated rings. The lowest BCUT2D eigenvalue weighted by molar-refractivity contribution is 0.112.